The van der Waals surface area contributed by atoms with Crippen LogP contribution in [0.2, 0.25) is 5.02 Å². The summed E-state index contributed by atoms with van der Waals surface area (Å²) in [6.07, 6.45) is 0.792. The summed E-state index contributed by atoms with van der Waals surface area (Å²) in [7, 11) is 0. The number of para-hydroxylation sites is 2. The van der Waals surface area contributed by atoms with Crippen molar-refractivity contribution in [3.63, 3.8) is 0 Å². The second-order valence-corrected chi connectivity index (χ2v) is 12.7. The highest BCUT2D eigenvalue weighted by Crippen LogP contribution is 2.25. The standard InChI is InChI=1S/C23H24ClN3O2.C13H16N2.2ClH/c1-23(2,12-17-11-10-16-6-3-4-8-21(16)27-17)26-14-18(28)15-29-22-9-5-7-20(24)19(22)13-25;1-13(2,14)9-11-8-7-10-5-3-4-6-12(10)15-11;;/h3-11,18,26,28H,12,14-15H2,1-2H3;3-8H,9,14H2,1-2H3;2*1H. The minimum absolute atomic E-state index is 0. The molecular formula is C36H42Cl3N5O2. The van der Waals surface area contributed by atoms with Crippen molar-refractivity contribution < 1.29 is 9.84 Å². The van der Waals surface area contributed by atoms with Crippen LogP contribution in [-0.4, -0.2) is 45.4 Å². The number of benzene rings is 3. The third-order valence-electron chi connectivity index (χ3n) is 6.91. The van der Waals surface area contributed by atoms with Gasteiger partial charge < -0.3 is 20.9 Å². The third kappa shape index (κ3) is 11.7. The Balaban J connectivity index is 0.000000367. The molecule has 7 nitrogen and oxygen atoms in total. The van der Waals surface area contributed by atoms with Crippen LogP contribution < -0.4 is 15.8 Å². The first-order valence-electron chi connectivity index (χ1n) is 14.7. The number of aromatic nitrogens is 2. The van der Waals surface area contributed by atoms with Crippen molar-refractivity contribution in [1.29, 1.82) is 5.26 Å². The number of ether oxygens (including phenoxy) is 1. The number of hydrogen-bond donors (Lipinski definition) is 3. The van der Waals surface area contributed by atoms with E-state index in [1.54, 1.807) is 18.2 Å². The summed E-state index contributed by atoms with van der Waals surface area (Å²) in [5, 5.41) is 25.5. The van der Waals surface area contributed by atoms with E-state index in [0.29, 0.717) is 17.3 Å². The Labute approximate surface area is 289 Å². The first kappa shape index (κ1) is 38.7. The first-order valence-corrected chi connectivity index (χ1v) is 15.0. The molecule has 5 aromatic rings. The lowest BCUT2D eigenvalue weighted by atomic mass is 9.97. The summed E-state index contributed by atoms with van der Waals surface area (Å²) in [6, 6.07) is 31.5. The van der Waals surface area contributed by atoms with Crippen molar-refractivity contribution in [3.8, 4) is 11.8 Å². The highest BCUT2D eigenvalue weighted by Gasteiger charge is 2.21. The molecule has 0 aliphatic carbocycles. The molecule has 0 saturated heterocycles. The third-order valence-corrected chi connectivity index (χ3v) is 7.22. The van der Waals surface area contributed by atoms with Crippen molar-refractivity contribution in [1.82, 2.24) is 15.3 Å². The molecule has 1 atom stereocenters. The zero-order chi connectivity index (χ0) is 31.7. The van der Waals surface area contributed by atoms with Gasteiger partial charge in [-0.3, -0.25) is 9.97 Å². The first-order chi connectivity index (χ1) is 20.9. The largest absolute Gasteiger partial charge is 0.489 e. The number of aliphatic hydroxyl groups excluding tert-OH is 1. The molecule has 46 heavy (non-hydrogen) atoms. The predicted octanol–water partition coefficient (Wildman–Crippen LogP) is 7.47. The Hall–Kier alpha value is -3.48. The zero-order valence-electron chi connectivity index (χ0n) is 26.5. The number of fused-ring (bicyclic) bond motifs is 2. The summed E-state index contributed by atoms with van der Waals surface area (Å²) >= 11 is 6.00. The lowest BCUT2D eigenvalue weighted by Gasteiger charge is -2.27. The molecule has 2 aromatic heterocycles. The van der Waals surface area contributed by atoms with Crippen LogP contribution in [0, 0.1) is 11.3 Å². The van der Waals surface area contributed by atoms with Gasteiger partial charge in [0.15, 0.2) is 0 Å². The number of rotatable bonds is 10. The normalized spacial score (nSPS) is 11.8. The average Bonchev–Trinajstić information content (AvgIpc) is 2.98. The van der Waals surface area contributed by atoms with Gasteiger partial charge in [-0.25, -0.2) is 0 Å². The van der Waals surface area contributed by atoms with E-state index in [2.05, 4.69) is 48.4 Å². The molecule has 0 radical (unpaired) electrons. The van der Waals surface area contributed by atoms with Crippen LogP contribution >= 0.6 is 36.4 Å². The molecule has 0 aliphatic heterocycles. The minimum atomic E-state index is -0.732. The molecule has 0 aliphatic rings. The topological polar surface area (TPSA) is 117 Å². The van der Waals surface area contributed by atoms with Crippen LogP contribution in [0.25, 0.3) is 21.8 Å². The van der Waals surface area contributed by atoms with E-state index in [1.165, 1.54) is 5.39 Å². The molecular weight excluding hydrogens is 641 g/mol. The van der Waals surface area contributed by atoms with E-state index in [1.807, 2.05) is 68.4 Å². The Morgan fingerprint density at radius 1 is 0.826 bits per heavy atom. The second kappa shape index (κ2) is 17.4. The second-order valence-electron chi connectivity index (χ2n) is 12.3. The molecule has 244 valence electrons. The lowest BCUT2D eigenvalue weighted by molar-refractivity contribution is 0.0986. The summed E-state index contributed by atoms with van der Waals surface area (Å²) in [4.78, 5) is 9.30. The van der Waals surface area contributed by atoms with Gasteiger partial charge in [0.05, 0.1) is 16.1 Å². The van der Waals surface area contributed by atoms with E-state index < -0.39 is 6.10 Å². The van der Waals surface area contributed by atoms with Crippen LogP contribution in [0.5, 0.6) is 5.75 Å². The number of nitrogens with one attached hydrogen (secondary N) is 1. The van der Waals surface area contributed by atoms with Gasteiger partial charge >= 0.3 is 0 Å². The SMILES string of the molecule is CC(C)(Cc1ccc2ccccc2n1)NCC(O)COc1cccc(Cl)c1C#N.CC(C)(N)Cc1ccc2ccccc2n1.Cl.Cl. The van der Waals surface area contributed by atoms with Crippen LogP contribution in [-0.2, 0) is 12.8 Å². The number of hydrogen-bond acceptors (Lipinski definition) is 7. The fourth-order valence-electron chi connectivity index (χ4n) is 4.77. The van der Waals surface area contributed by atoms with E-state index in [0.717, 1.165) is 40.6 Å². The van der Waals surface area contributed by atoms with Gasteiger partial charge in [0, 0.05) is 52.6 Å². The van der Waals surface area contributed by atoms with Crippen molar-refractivity contribution >= 4 is 58.2 Å². The molecule has 0 fully saturated rings. The number of nitrogens with zero attached hydrogens (tertiary/aromatic N) is 3. The molecule has 0 bridgehead atoms. The van der Waals surface area contributed by atoms with Gasteiger partial charge in [-0.2, -0.15) is 5.26 Å². The van der Waals surface area contributed by atoms with E-state index in [-0.39, 0.29) is 48.1 Å². The summed E-state index contributed by atoms with van der Waals surface area (Å²) in [6.45, 7) is 8.59. The smallest absolute Gasteiger partial charge is 0.138 e. The Morgan fingerprint density at radius 3 is 1.91 bits per heavy atom. The number of halogens is 3. The number of aliphatic hydroxyl groups is 1. The molecule has 4 N–H and O–H groups in total. The summed E-state index contributed by atoms with van der Waals surface area (Å²) in [5.41, 5.74) is 9.85. The highest BCUT2D eigenvalue weighted by molar-refractivity contribution is 6.31. The van der Waals surface area contributed by atoms with E-state index in [9.17, 15) is 10.4 Å². The van der Waals surface area contributed by atoms with E-state index in [4.69, 9.17) is 27.1 Å². The Kier molecular flexibility index (Phi) is 14.7. The molecule has 0 saturated carbocycles. The molecule has 0 spiro atoms. The quantitative estimate of drug-likeness (QED) is 0.140. The molecule has 3 aromatic carbocycles. The Bertz CT molecular complexity index is 1750. The highest BCUT2D eigenvalue weighted by atomic mass is 35.5. The van der Waals surface area contributed by atoms with Gasteiger partial charge in [-0.15, -0.1) is 24.8 Å². The van der Waals surface area contributed by atoms with Gasteiger partial charge in [0.1, 0.15) is 30.1 Å². The van der Waals surface area contributed by atoms with Crippen molar-refractivity contribution in [3.05, 3.63) is 113 Å². The van der Waals surface area contributed by atoms with Crippen molar-refractivity contribution in [2.75, 3.05) is 13.2 Å². The zero-order valence-corrected chi connectivity index (χ0v) is 28.9. The van der Waals surface area contributed by atoms with Crippen molar-refractivity contribution in [2.45, 2.75) is 57.7 Å². The fourth-order valence-corrected chi connectivity index (χ4v) is 4.98. The molecule has 1 unspecified atom stereocenters. The fraction of sp³-hybridized carbons (Fsp3) is 0.306. The average molecular weight is 683 g/mol. The number of nitrogens with two attached hydrogens (primary N) is 1. The van der Waals surface area contributed by atoms with Gasteiger partial charge in [-0.05, 0) is 64.1 Å². The number of pyridine rings is 2. The van der Waals surface area contributed by atoms with Crippen LogP contribution in [0.1, 0.15) is 44.6 Å². The summed E-state index contributed by atoms with van der Waals surface area (Å²) < 4.78 is 5.59. The summed E-state index contributed by atoms with van der Waals surface area (Å²) in [5.74, 6) is 0.374. The monoisotopic (exact) mass is 681 g/mol. The molecule has 0 amide bonds. The predicted molar refractivity (Wildman–Crippen MR) is 193 cm³/mol. The van der Waals surface area contributed by atoms with Crippen molar-refractivity contribution in [2.24, 2.45) is 5.73 Å². The van der Waals surface area contributed by atoms with Gasteiger partial charge in [0.25, 0.3) is 0 Å². The van der Waals surface area contributed by atoms with Gasteiger partial charge in [-0.1, -0.05) is 66.2 Å². The van der Waals surface area contributed by atoms with Crippen LogP contribution in [0.3, 0.4) is 0 Å². The Morgan fingerprint density at radius 2 is 1.37 bits per heavy atom. The van der Waals surface area contributed by atoms with Crippen LogP contribution in [0.4, 0.5) is 0 Å². The molecule has 10 heteroatoms. The van der Waals surface area contributed by atoms with E-state index >= 15 is 0 Å². The lowest BCUT2D eigenvalue weighted by Crippen LogP contribution is -2.46. The number of nitriles is 1. The van der Waals surface area contributed by atoms with Crippen LogP contribution in [0.15, 0.2) is 91.0 Å². The minimum Gasteiger partial charge on any atom is -0.489 e. The number of β-amino-alcohol motifs (C(OH)–C–C–N with tert-alkyl or cyclic N) is 1. The maximum Gasteiger partial charge on any atom is 0.138 e. The maximum atomic E-state index is 10.3. The molecule has 5 rings (SSSR count). The maximum absolute atomic E-state index is 10.3. The van der Waals surface area contributed by atoms with Gasteiger partial charge in [0.2, 0.25) is 0 Å². The molecule has 2 heterocycles.